The second-order valence-electron chi connectivity index (χ2n) is 4.56. The van der Waals surface area contributed by atoms with Crippen molar-refractivity contribution in [2.24, 2.45) is 10.7 Å². The summed E-state index contributed by atoms with van der Waals surface area (Å²) in [6.07, 6.45) is 0.979. The van der Waals surface area contributed by atoms with Gasteiger partial charge in [0.05, 0.1) is 11.4 Å². The minimum absolute atomic E-state index is 0.271. The quantitative estimate of drug-likeness (QED) is 0.599. The number of nitrogens with two attached hydrogens (primary N) is 1. The van der Waals surface area contributed by atoms with Gasteiger partial charge in [0.15, 0.2) is 5.96 Å². The Morgan fingerprint density at radius 1 is 1.30 bits per heavy atom. The van der Waals surface area contributed by atoms with E-state index in [1.807, 2.05) is 6.92 Å². The average molecular weight is 298 g/mol. The molecule has 0 heterocycles. The Labute approximate surface area is 120 Å². The molecule has 0 bridgehead atoms. The molecule has 0 spiro atoms. The molecule has 0 unspecified atom stereocenters. The molecule has 3 N–H and O–H groups in total. The standard InChI is InChI=1S/C13H22N4O2S/c1-4-9-15-13(14)16-10-11-5-7-12(8-6-11)20(18,19)17(2)3/h5-8H,4,9-10H2,1-3H3,(H3,14,15,16). The lowest BCUT2D eigenvalue weighted by Gasteiger charge is -2.11. The minimum Gasteiger partial charge on any atom is -0.370 e. The molecule has 0 saturated carbocycles. The first-order valence-corrected chi connectivity index (χ1v) is 7.87. The highest BCUT2D eigenvalue weighted by Gasteiger charge is 2.16. The van der Waals surface area contributed by atoms with Gasteiger partial charge in [0.1, 0.15) is 0 Å². The van der Waals surface area contributed by atoms with Crippen molar-refractivity contribution < 1.29 is 8.42 Å². The van der Waals surface area contributed by atoms with Crippen molar-refractivity contribution in [3.8, 4) is 0 Å². The van der Waals surface area contributed by atoms with E-state index >= 15 is 0 Å². The fourth-order valence-corrected chi connectivity index (χ4v) is 2.36. The highest BCUT2D eigenvalue weighted by Crippen LogP contribution is 2.14. The van der Waals surface area contributed by atoms with Gasteiger partial charge in [0, 0.05) is 20.6 Å². The lowest BCUT2D eigenvalue weighted by molar-refractivity contribution is 0.520. The lowest BCUT2D eigenvalue weighted by Crippen LogP contribution is -2.32. The van der Waals surface area contributed by atoms with Crippen molar-refractivity contribution in [2.45, 2.75) is 24.8 Å². The van der Waals surface area contributed by atoms with Crippen molar-refractivity contribution in [3.05, 3.63) is 29.8 Å². The zero-order chi connectivity index (χ0) is 15.2. The molecule has 20 heavy (non-hydrogen) atoms. The first-order valence-electron chi connectivity index (χ1n) is 6.43. The van der Waals surface area contributed by atoms with Crippen molar-refractivity contribution >= 4 is 16.0 Å². The Morgan fingerprint density at radius 3 is 2.40 bits per heavy atom. The largest absolute Gasteiger partial charge is 0.370 e. The summed E-state index contributed by atoms with van der Waals surface area (Å²) in [4.78, 5) is 4.45. The smallest absolute Gasteiger partial charge is 0.242 e. The summed E-state index contributed by atoms with van der Waals surface area (Å²) >= 11 is 0. The number of rotatable bonds is 6. The van der Waals surface area contributed by atoms with E-state index in [0.717, 1.165) is 18.5 Å². The number of aliphatic imine (C=N–C) groups is 1. The van der Waals surface area contributed by atoms with E-state index in [0.29, 0.717) is 12.5 Å². The van der Waals surface area contributed by atoms with Crippen LogP contribution in [-0.2, 0) is 16.6 Å². The summed E-state index contributed by atoms with van der Waals surface area (Å²) in [5, 5.41) is 2.98. The summed E-state index contributed by atoms with van der Waals surface area (Å²) in [5.41, 5.74) is 6.59. The normalized spacial score (nSPS) is 12.7. The summed E-state index contributed by atoms with van der Waals surface area (Å²) in [6, 6.07) is 6.64. The van der Waals surface area contributed by atoms with Crippen LogP contribution in [0.1, 0.15) is 18.9 Å². The predicted octanol–water partition coefficient (Wildman–Crippen LogP) is 0.751. The molecule has 0 aliphatic carbocycles. The van der Waals surface area contributed by atoms with E-state index < -0.39 is 10.0 Å². The SMILES string of the molecule is CCCNC(N)=NCc1ccc(S(=O)(=O)N(C)C)cc1. The van der Waals surface area contributed by atoms with Crippen LogP contribution < -0.4 is 11.1 Å². The molecule has 0 radical (unpaired) electrons. The first-order chi connectivity index (χ1) is 9.37. The van der Waals surface area contributed by atoms with E-state index in [-0.39, 0.29) is 4.90 Å². The number of guanidine groups is 1. The van der Waals surface area contributed by atoms with Crippen LogP contribution in [0.4, 0.5) is 0 Å². The zero-order valence-corrected chi connectivity index (χ0v) is 12.9. The fraction of sp³-hybridized carbons (Fsp3) is 0.462. The lowest BCUT2D eigenvalue weighted by atomic mass is 10.2. The number of nitrogens with zero attached hydrogens (tertiary/aromatic N) is 2. The Morgan fingerprint density at radius 2 is 1.90 bits per heavy atom. The van der Waals surface area contributed by atoms with Gasteiger partial charge in [-0.2, -0.15) is 0 Å². The molecule has 0 atom stereocenters. The van der Waals surface area contributed by atoms with Crippen LogP contribution in [0.3, 0.4) is 0 Å². The molecule has 0 amide bonds. The molecule has 1 rings (SSSR count). The molecule has 0 aromatic heterocycles. The maximum atomic E-state index is 11.9. The third kappa shape index (κ3) is 4.50. The van der Waals surface area contributed by atoms with Crippen LogP contribution in [0, 0.1) is 0 Å². The molecule has 7 heteroatoms. The summed E-state index contributed by atoms with van der Waals surface area (Å²) in [5.74, 6) is 0.400. The van der Waals surface area contributed by atoms with Gasteiger partial charge in [-0.25, -0.2) is 17.7 Å². The van der Waals surface area contributed by atoms with Crippen LogP contribution in [0.5, 0.6) is 0 Å². The molecule has 0 fully saturated rings. The highest BCUT2D eigenvalue weighted by molar-refractivity contribution is 7.89. The highest BCUT2D eigenvalue weighted by atomic mass is 32.2. The summed E-state index contributed by atoms with van der Waals surface area (Å²) < 4.78 is 25.0. The van der Waals surface area contributed by atoms with E-state index in [1.165, 1.54) is 18.4 Å². The Balaban J connectivity index is 2.73. The third-order valence-corrected chi connectivity index (χ3v) is 4.52. The Kier molecular flexibility index (Phi) is 5.97. The van der Waals surface area contributed by atoms with Crippen LogP contribution in [-0.4, -0.2) is 39.3 Å². The van der Waals surface area contributed by atoms with Gasteiger partial charge >= 0.3 is 0 Å². The first kappa shape index (κ1) is 16.5. The van der Waals surface area contributed by atoms with E-state index in [1.54, 1.807) is 24.3 Å². The van der Waals surface area contributed by atoms with Gasteiger partial charge < -0.3 is 11.1 Å². The van der Waals surface area contributed by atoms with Crippen LogP contribution in [0.15, 0.2) is 34.2 Å². The number of sulfonamides is 1. The molecule has 112 valence electrons. The van der Waals surface area contributed by atoms with Gasteiger partial charge in [0.2, 0.25) is 10.0 Å². The molecule has 6 nitrogen and oxygen atoms in total. The summed E-state index contributed by atoms with van der Waals surface area (Å²) in [6.45, 7) is 3.25. The van der Waals surface area contributed by atoms with Crippen molar-refractivity contribution in [2.75, 3.05) is 20.6 Å². The molecule has 1 aromatic carbocycles. The molecule has 0 aliphatic heterocycles. The number of nitrogens with one attached hydrogen (secondary N) is 1. The third-order valence-electron chi connectivity index (χ3n) is 2.69. The van der Waals surface area contributed by atoms with Crippen molar-refractivity contribution in [1.82, 2.24) is 9.62 Å². The molecule has 0 aliphatic rings. The number of benzene rings is 1. The predicted molar refractivity (Wildman–Crippen MR) is 80.9 cm³/mol. The van der Waals surface area contributed by atoms with Gasteiger partial charge in [-0.05, 0) is 24.1 Å². The molecule has 1 aromatic rings. The van der Waals surface area contributed by atoms with E-state index in [9.17, 15) is 8.42 Å². The van der Waals surface area contributed by atoms with E-state index in [2.05, 4.69) is 10.3 Å². The fourth-order valence-electron chi connectivity index (χ4n) is 1.46. The van der Waals surface area contributed by atoms with E-state index in [4.69, 9.17) is 5.73 Å². The second kappa shape index (κ2) is 7.25. The van der Waals surface area contributed by atoms with Crippen LogP contribution in [0.25, 0.3) is 0 Å². The average Bonchev–Trinajstić information content (AvgIpc) is 2.43. The number of hydrogen-bond donors (Lipinski definition) is 2. The zero-order valence-electron chi connectivity index (χ0n) is 12.1. The minimum atomic E-state index is -3.38. The molecular weight excluding hydrogens is 276 g/mol. The maximum Gasteiger partial charge on any atom is 0.242 e. The second-order valence-corrected chi connectivity index (χ2v) is 6.71. The van der Waals surface area contributed by atoms with Gasteiger partial charge in [-0.15, -0.1) is 0 Å². The summed E-state index contributed by atoms with van der Waals surface area (Å²) in [7, 11) is -0.361. The topological polar surface area (TPSA) is 87.8 Å². The van der Waals surface area contributed by atoms with Crippen LogP contribution in [0.2, 0.25) is 0 Å². The van der Waals surface area contributed by atoms with Gasteiger partial charge in [-0.1, -0.05) is 19.1 Å². The Bertz CT molecular complexity index is 550. The van der Waals surface area contributed by atoms with Gasteiger partial charge in [0.25, 0.3) is 0 Å². The van der Waals surface area contributed by atoms with Crippen molar-refractivity contribution in [3.63, 3.8) is 0 Å². The maximum absolute atomic E-state index is 11.9. The van der Waals surface area contributed by atoms with Crippen molar-refractivity contribution in [1.29, 1.82) is 0 Å². The Hall–Kier alpha value is -1.60. The van der Waals surface area contributed by atoms with Gasteiger partial charge in [-0.3, -0.25) is 0 Å². The number of hydrogen-bond acceptors (Lipinski definition) is 3. The molecule has 0 saturated heterocycles. The van der Waals surface area contributed by atoms with Crippen LogP contribution >= 0.6 is 0 Å². The monoisotopic (exact) mass is 298 g/mol. The molecular formula is C13H22N4O2S.